The number of carbonyl (C=O) groups excluding carboxylic acids is 1. The standard InChI is InChI=1S/C22H23N3O4S/c23-15-17-4-8-21(9-5-17)30(27,28)25-12-10-24(11-13-25)22(26)16-29-20-7-6-18-2-1-3-19(18)14-20/h4-9,14H,1-3,10-13,16H2. The highest BCUT2D eigenvalue weighted by Gasteiger charge is 2.30. The first-order valence-electron chi connectivity index (χ1n) is 10.00. The van der Waals surface area contributed by atoms with Crippen LogP contribution in [0.3, 0.4) is 0 Å². The molecule has 156 valence electrons. The highest BCUT2D eigenvalue weighted by molar-refractivity contribution is 7.89. The molecule has 0 bridgehead atoms. The Balaban J connectivity index is 1.31. The van der Waals surface area contributed by atoms with Crippen molar-refractivity contribution in [2.75, 3.05) is 32.8 Å². The lowest BCUT2D eigenvalue weighted by molar-refractivity contribution is -0.134. The van der Waals surface area contributed by atoms with E-state index in [1.807, 2.05) is 18.2 Å². The maximum Gasteiger partial charge on any atom is 0.260 e. The maximum atomic E-state index is 12.8. The third kappa shape index (κ3) is 4.18. The van der Waals surface area contributed by atoms with Crippen LogP contribution in [0.4, 0.5) is 0 Å². The molecule has 1 saturated heterocycles. The molecule has 30 heavy (non-hydrogen) atoms. The predicted molar refractivity (Wildman–Crippen MR) is 110 cm³/mol. The Morgan fingerprint density at radius 3 is 2.40 bits per heavy atom. The first-order chi connectivity index (χ1) is 14.5. The van der Waals surface area contributed by atoms with Crippen LogP contribution in [0, 0.1) is 11.3 Å². The van der Waals surface area contributed by atoms with Gasteiger partial charge < -0.3 is 9.64 Å². The molecular formula is C22H23N3O4S. The van der Waals surface area contributed by atoms with Crippen LogP contribution in [0.1, 0.15) is 23.1 Å². The molecule has 1 aliphatic heterocycles. The summed E-state index contributed by atoms with van der Waals surface area (Å²) in [6.45, 7) is 1.05. The number of benzene rings is 2. The number of hydrogen-bond donors (Lipinski definition) is 0. The summed E-state index contributed by atoms with van der Waals surface area (Å²) in [6.07, 6.45) is 3.31. The number of aryl methyl sites for hydroxylation is 2. The van der Waals surface area contributed by atoms with Crippen LogP contribution in [0.2, 0.25) is 0 Å². The summed E-state index contributed by atoms with van der Waals surface area (Å²) in [4.78, 5) is 14.3. The van der Waals surface area contributed by atoms with Gasteiger partial charge in [0.05, 0.1) is 16.5 Å². The van der Waals surface area contributed by atoms with Crippen molar-refractivity contribution in [3.8, 4) is 11.8 Å². The number of fused-ring (bicyclic) bond motifs is 1. The Kier molecular flexibility index (Phi) is 5.75. The van der Waals surface area contributed by atoms with Crippen molar-refractivity contribution in [2.24, 2.45) is 0 Å². The second-order valence-electron chi connectivity index (χ2n) is 7.49. The van der Waals surface area contributed by atoms with Crippen LogP contribution in [0.15, 0.2) is 47.4 Å². The Hall–Kier alpha value is -2.89. The Labute approximate surface area is 176 Å². The summed E-state index contributed by atoms with van der Waals surface area (Å²) in [5.74, 6) is 0.553. The Bertz CT molecular complexity index is 1080. The van der Waals surface area contributed by atoms with Gasteiger partial charge in [-0.1, -0.05) is 6.07 Å². The molecule has 0 radical (unpaired) electrons. The van der Waals surface area contributed by atoms with Crippen molar-refractivity contribution in [1.82, 2.24) is 9.21 Å². The first kappa shape index (κ1) is 20.4. The number of ether oxygens (including phenoxy) is 1. The summed E-state index contributed by atoms with van der Waals surface area (Å²) in [6, 6.07) is 13.8. The number of hydrogen-bond acceptors (Lipinski definition) is 5. The molecule has 0 atom stereocenters. The van der Waals surface area contributed by atoms with E-state index in [4.69, 9.17) is 10.00 Å². The molecule has 7 nitrogen and oxygen atoms in total. The number of amides is 1. The van der Waals surface area contributed by atoms with Crippen molar-refractivity contribution >= 4 is 15.9 Å². The van der Waals surface area contributed by atoms with Crippen molar-refractivity contribution in [2.45, 2.75) is 24.2 Å². The van der Waals surface area contributed by atoms with Crippen LogP contribution in [0.25, 0.3) is 0 Å². The lowest BCUT2D eigenvalue weighted by Gasteiger charge is -2.34. The van der Waals surface area contributed by atoms with Gasteiger partial charge in [0.2, 0.25) is 10.0 Å². The minimum absolute atomic E-state index is 0.0544. The summed E-state index contributed by atoms with van der Waals surface area (Å²) in [7, 11) is -3.64. The molecule has 2 aliphatic rings. The van der Waals surface area contributed by atoms with Gasteiger partial charge in [-0.3, -0.25) is 4.79 Å². The van der Waals surface area contributed by atoms with Gasteiger partial charge in [0.25, 0.3) is 5.91 Å². The van der Waals surface area contributed by atoms with Crippen molar-refractivity contribution in [1.29, 1.82) is 5.26 Å². The van der Waals surface area contributed by atoms with E-state index in [1.165, 1.54) is 39.7 Å². The molecule has 0 N–H and O–H groups in total. The third-order valence-corrected chi connectivity index (χ3v) is 7.56. The normalized spacial score (nSPS) is 16.7. The zero-order chi connectivity index (χ0) is 21.1. The molecule has 2 aromatic carbocycles. The molecule has 1 amide bonds. The first-order valence-corrected chi connectivity index (χ1v) is 11.4. The smallest absolute Gasteiger partial charge is 0.260 e. The van der Waals surface area contributed by atoms with Gasteiger partial charge >= 0.3 is 0 Å². The molecule has 8 heteroatoms. The molecule has 0 unspecified atom stereocenters. The van der Waals surface area contributed by atoms with Crippen molar-refractivity contribution in [3.63, 3.8) is 0 Å². The summed E-state index contributed by atoms with van der Waals surface area (Å²) < 4.78 is 32.6. The van der Waals surface area contributed by atoms with E-state index in [2.05, 4.69) is 6.07 Å². The Morgan fingerprint density at radius 1 is 1.00 bits per heavy atom. The molecule has 1 aliphatic carbocycles. The summed E-state index contributed by atoms with van der Waals surface area (Å²) in [5, 5.41) is 8.86. The van der Waals surface area contributed by atoms with Crippen molar-refractivity contribution in [3.05, 3.63) is 59.2 Å². The number of rotatable bonds is 5. The monoisotopic (exact) mass is 425 g/mol. The van der Waals surface area contributed by atoms with Crippen LogP contribution >= 0.6 is 0 Å². The van der Waals surface area contributed by atoms with E-state index < -0.39 is 10.0 Å². The van der Waals surface area contributed by atoms with Crippen LogP contribution < -0.4 is 4.74 Å². The quantitative estimate of drug-likeness (QED) is 0.730. The van der Waals surface area contributed by atoms with Crippen LogP contribution in [0.5, 0.6) is 5.75 Å². The molecule has 0 spiro atoms. The van der Waals surface area contributed by atoms with Gasteiger partial charge in [-0.2, -0.15) is 9.57 Å². The number of piperazine rings is 1. The minimum atomic E-state index is -3.64. The number of nitriles is 1. The number of nitrogens with zero attached hydrogens (tertiary/aromatic N) is 3. The average Bonchev–Trinajstić information content (AvgIpc) is 3.25. The van der Waals surface area contributed by atoms with Gasteiger partial charge in [-0.25, -0.2) is 8.42 Å². The molecule has 0 saturated carbocycles. The fourth-order valence-corrected chi connectivity index (χ4v) is 5.32. The van der Waals surface area contributed by atoms with E-state index in [0.29, 0.717) is 24.4 Å². The molecule has 1 fully saturated rings. The third-order valence-electron chi connectivity index (χ3n) is 5.64. The fraction of sp³-hybridized carbons (Fsp3) is 0.364. The fourth-order valence-electron chi connectivity index (χ4n) is 3.90. The maximum absolute atomic E-state index is 12.8. The van der Waals surface area contributed by atoms with Crippen LogP contribution in [-0.2, 0) is 27.7 Å². The highest BCUT2D eigenvalue weighted by atomic mass is 32.2. The van der Waals surface area contributed by atoms with Gasteiger partial charge in [-0.05, 0) is 66.8 Å². The second kappa shape index (κ2) is 8.46. The molecule has 4 rings (SSSR count). The van der Waals surface area contributed by atoms with E-state index in [-0.39, 0.29) is 30.5 Å². The zero-order valence-electron chi connectivity index (χ0n) is 16.6. The topological polar surface area (TPSA) is 90.7 Å². The largest absolute Gasteiger partial charge is 0.484 e. The molecular weight excluding hydrogens is 402 g/mol. The van der Waals surface area contributed by atoms with Gasteiger partial charge in [0.15, 0.2) is 6.61 Å². The molecule has 0 aromatic heterocycles. The minimum Gasteiger partial charge on any atom is -0.484 e. The summed E-state index contributed by atoms with van der Waals surface area (Å²) in [5.41, 5.74) is 3.06. The van der Waals surface area contributed by atoms with E-state index in [1.54, 1.807) is 4.90 Å². The lowest BCUT2D eigenvalue weighted by Crippen LogP contribution is -2.51. The average molecular weight is 426 g/mol. The number of sulfonamides is 1. The van der Waals surface area contributed by atoms with E-state index >= 15 is 0 Å². The second-order valence-corrected chi connectivity index (χ2v) is 9.43. The Morgan fingerprint density at radius 2 is 1.70 bits per heavy atom. The van der Waals surface area contributed by atoms with Gasteiger partial charge in [-0.15, -0.1) is 0 Å². The zero-order valence-corrected chi connectivity index (χ0v) is 17.4. The highest BCUT2D eigenvalue weighted by Crippen LogP contribution is 2.26. The lowest BCUT2D eigenvalue weighted by atomic mass is 10.1. The van der Waals surface area contributed by atoms with Crippen LogP contribution in [-0.4, -0.2) is 56.3 Å². The van der Waals surface area contributed by atoms with Gasteiger partial charge in [0, 0.05) is 26.2 Å². The van der Waals surface area contributed by atoms with E-state index in [0.717, 1.165) is 19.3 Å². The predicted octanol–water partition coefficient (Wildman–Crippen LogP) is 1.96. The SMILES string of the molecule is N#Cc1ccc(S(=O)(=O)N2CCN(C(=O)COc3ccc4c(c3)CCC4)CC2)cc1. The van der Waals surface area contributed by atoms with Gasteiger partial charge in [0.1, 0.15) is 5.75 Å². The number of carbonyl (C=O) groups is 1. The summed E-state index contributed by atoms with van der Waals surface area (Å²) >= 11 is 0. The molecule has 2 aromatic rings. The molecule has 1 heterocycles. The van der Waals surface area contributed by atoms with E-state index in [9.17, 15) is 13.2 Å². The van der Waals surface area contributed by atoms with Crippen molar-refractivity contribution < 1.29 is 17.9 Å².